The lowest BCUT2D eigenvalue weighted by atomic mass is 10.2. The van der Waals surface area contributed by atoms with Crippen molar-refractivity contribution in [1.29, 1.82) is 0 Å². The summed E-state index contributed by atoms with van der Waals surface area (Å²) >= 11 is 12.3. The summed E-state index contributed by atoms with van der Waals surface area (Å²) in [5.41, 5.74) is 0. The molecule has 0 saturated heterocycles. The number of hydrogen-bond donors (Lipinski definition) is 0. The molecule has 0 atom stereocenters. The monoisotopic (exact) mass is 374 g/mol. The number of rotatable bonds is 0. The van der Waals surface area contributed by atoms with Gasteiger partial charge in [-0.25, -0.2) is 0 Å². The SMILES string of the molecule is O=P12c3cc(Cl)ccc3Oc3cccc(c31)Oc1ccc(Cl)cc12. The molecule has 0 saturated carbocycles. The number of benzene rings is 3. The van der Waals surface area contributed by atoms with Crippen molar-refractivity contribution in [3.63, 3.8) is 0 Å². The van der Waals surface area contributed by atoms with E-state index in [4.69, 9.17) is 32.7 Å². The van der Waals surface area contributed by atoms with Gasteiger partial charge < -0.3 is 14.0 Å². The minimum atomic E-state index is -3.19. The van der Waals surface area contributed by atoms with E-state index in [0.29, 0.717) is 49.0 Å². The van der Waals surface area contributed by atoms with Crippen LogP contribution in [0.25, 0.3) is 0 Å². The second-order valence-corrected chi connectivity index (χ2v) is 9.14. The van der Waals surface area contributed by atoms with Gasteiger partial charge in [-0.05, 0) is 48.5 Å². The zero-order valence-electron chi connectivity index (χ0n) is 12.1. The van der Waals surface area contributed by atoms with Crippen molar-refractivity contribution in [2.45, 2.75) is 0 Å². The van der Waals surface area contributed by atoms with Crippen molar-refractivity contribution < 1.29 is 14.0 Å². The molecule has 0 N–H and O–H groups in total. The molecule has 6 heteroatoms. The summed E-state index contributed by atoms with van der Waals surface area (Å²) in [5, 5.41) is 2.71. The van der Waals surface area contributed by atoms with Crippen molar-refractivity contribution >= 4 is 46.3 Å². The highest BCUT2D eigenvalue weighted by molar-refractivity contribution is 7.86. The molecule has 3 aromatic carbocycles. The third kappa shape index (κ3) is 1.78. The molecule has 0 fully saturated rings. The van der Waals surface area contributed by atoms with Gasteiger partial charge in [-0.1, -0.05) is 29.3 Å². The molecule has 2 heterocycles. The van der Waals surface area contributed by atoms with Gasteiger partial charge >= 0.3 is 0 Å². The second-order valence-electron chi connectivity index (χ2n) is 5.64. The topological polar surface area (TPSA) is 35.5 Å². The Morgan fingerprint density at radius 2 is 1.21 bits per heavy atom. The molecular formula is C18H9Cl2O3P. The predicted octanol–water partition coefficient (Wildman–Crippen LogP) is 4.84. The summed E-state index contributed by atoms with van der Waals surface area (Å²) in [7, 11) is -3.19. The van der Waals surface area contributed by atoms with Gasteiger partial charge in [-0.2, -0.15) is 0 Å². The van der Waals surface area contributed by atoms with Crippen molar-refractivity contribution in [1.82, 2.24) is 0 Å². The highest BCUT2D eigenvalue weighted by atomic mass is 35.5. The van der Waals surface area contributed by atoms with E-state index in [9.17, 15) is 4.57 Å². The fourth-order valence-electron chi connectivity index (χ4n) is 3.23. The van der Waals surface area contributed by atoms with Crippen LogP contribution < -0.4 is 25.4 Å². The Bertz CT molecular complexity index is 1000. The van der Waals surface area contributed by atoms with Crippen LogP contribution in [0.1, 0.15) is 0 Å². The lowest BCUT2D eigenvalue weighted by Crippen LogP contribution is -2.35. The number of ether oxygens (including phenoxy) is 2. The van der Waals surface area contributed by atoms with Gasteiger partial charge in [0.15, 0.2) is 7.14 Å². The van der Waals surface area contributed by atoms with E-state index in [-0.39, 0.29) is 0 Å². The van der Waals surface area contributed by atoms with Crippen LogP contribution in [-0.4, -0.2) is 0 Å². The molecule has 0 bridgehead atoms. The molecule has 3 aromatic rings. The van der Waals surface area contributed by atoms with Crippen LogP contribution in [0.2, 0.25) is 10.0 Å². The van der Waals surface area contributed by atoms with E-state index in [1.54, 1.807) is 48.5 Å². The quantitative estimate of drug-likeness (QED) is 0.363. The van der Waals surface area contributed by atoms with E-state index in [0.717, 1.165) is 0 Å². The maximum Gasteiger partial charge on any atom is 0.185 e. The molecule has 24 heavy (non-hydrogen) atoms. The van der Waals surface area contributed by atoms with E-state index < -0.39 is 7.14 Å². The summed E-state index contributed by atoms with van der Waals surface area (Å²) in [5.74, 6) is 2.16. The van der Waals surface area contributed by atoms with Gasteiger partial charge in [0, 0.05) is 10.0 Å². The fourth-order valence-corrected chi connectivity index (χ4v) is 6.83. The maximum atomic E-state index is 14.4. The fraction of sp³-hybridized carbons (Fsp3) is 0. The minimum Gasteiger partial charge on any atom is -0.456 e. The predicted molar refractivity (Wildman–Crippen MR) is 96.0 cm³/mol. The summed E-state index contributed by atoms with van der Waals surface area (Å²) in [6.07, 6.45) is 0. The first kappa shape index (κ1) is 14.4. The zero-order valence-corrected chi connectivity index (χ0v) is 14.5. The Kier molecular flexibility index (Phi) is 2.88. The van der Waals surface area contributed by atoms with Crippen molar-refractivity contribution in [2.24, 2.45) is 0 Å². The molecule has 0 aromatic heterocycles. The third-order valence-electron chi connectivity index (χ3n) is 4.24. The lowest BCUT2D eigenvalue weighted by molar-refractivity contribution is 0.461. The first-order chi connectivity index (χ1) is 11.6. The van der Waals surface area contributed by atoms with Gasteiger partial charge in [0.25, 0.3) is 0 Å². The first-order valence-electron chi connectivity index (χ1n) is 7.27. The summed E-state index contributed by atoms with van der Waals surface area (Å²) < 4.78 is 26.3. The minimum absolute atomic E-state index is 0.503. The van der Waals surface area contributed by atoms with Crippen LogP contribution >= 0.6 is 30.3 Å². The molecular weight excluding hydrogens is 366 g/mol. The molecule has 0 unspecified atom stereocenters. The summed E-state index contributed by atoms with van der Waals surface area (Å²) in [6.45, 7) is 0. The molecule has 3 nitrogen and oxygen atoms in total. The smallest absolute Gasteiger partial charge is 0.185 e. The molecule has 0 spiro atoms. The average Bonchev–Trinajstić information content (AvgIpc) is 2.57. The van der Waals surface area contributed by atoms with Crippen LogP contribution in [0.15, 0.2) is 54.6 Å². The van der Waals surface area contributed by atoms with Crippen molar-refractivity contribution in [3.8, 4) is 23.0 Å². The molecule has 0 aliphatic carbocycles. The molecule has 118 valence electrons. The van der Waals surface area contributed by atoms with Gasteiger partial charge in [0.2, 0.25) is 0 Å². The molecule has 5 rings (SSSR count). The zero-order chi connectivity index (χ0) is 16.5. The molecule has 0 amide bonds. The Hall–Kier alpha value is -1.93. The Morgan fingerprint density at radius 1 is 0.708 bits per heavy atom. The Balaban J connectivity index is 1.96. The summed E-state index contributed by atoms with van der Waals surface area (Å²) in [6, 6.07) is 15.7. The second kappa shape index (κ2) is 4.80. The van der Waals surface area contributed by atoms with E-state index in [1.807, 2.05) is 6.07 Å². The van der Waals surface area contributed by atoms with E-state index in [2.05, 4.69) is 0 Å². The number of fused-ring (bicyclic) bond motifs is 4. The highest BCUT2D eigenvalue weighted by Gasteiger charge is 2.46. The van der Waals surface area contributed by atoms with Crippen LogP contribution in [-0.2, 0) is 4.57 Å². The van der Waals surface area contributed by atoms with Gasteiger partial charge in [0.1, 0.15) is 28.3 Å². The van der Waals surface area contributed by atoms with E-state index >= 15 is 0 Å². The largest absolute Gasteiger partial charge is 0.456 e. The van der Waals surface area contributed by atoms with E-state index in [1.165, 1.54) is 0 Å². The first-order valence-corrected chi connectivity index (χ1v) is 9.73. The molecule has 2 aliphatic rings. The Morgan fingerprint density at radius 3 is 1.71 bits per heavy atom. The van der Waals surface area contributed by atoms with Crippen LogP contribution in [0.3, 0.4) is 0 Å². The van der Waals surface area contributed by atoms with Gasteiger partial charge in [-0.15, -0.1) is 0 Å². The van der Waals surface area contributed by atoms with Gasteiger partial charge in [0.05, 0.1) is 10.6 Å². The number of hydrogen-bond acceptors (Lipinski definition) is 3. The van der Waals surface area contributed by atoms with Gasteiger partial charge in [-0.3, -0.25) is 0 Å². The lowest BCUT2D eigenvalue weighted by Gasteiger charge is -2.34. The maximum absolute atomic E-state index is 14.4. The molecule has 2 aliphatic heterocycles. The summed E-state index contributed by atoms with van der Waals surface area (Å²) in [4.78, 5) is 0. The Labute approximate surface area is 148 Å². The highest BCUT2D eigenvalue weighted by Crippen LogP contribution is 2.58. The van der Waals surface area contributed by atoms with Crippen LogP contribution in [0.4, 0.5) is 0 Å². The van der Waals surface area contributed by atoms with Crippen molar-refractivity contribution in [3.05, 3.63) is 64.6 Å². The molecule has 0 radical (unpaired) electrons. The normalized spacial score (nSPS) is 15.4. The van der Waals surface area contributed by atoms with Crippen LogP contribution in [0.5, 0.6) is 23.0 Å². The van der Waals surface area contributed by atoms with Crippen LogP contribution in [0, 0.1) is 0 Å². The van der Waals surface area contributed by atoms with Crippen molar-refractivity contribution in [2.75, 3.05) is 0 Å². The number of halogens is 2. The standard InChI is InChI=1S/C18H9Cl2O3P/c19-10-4-6-12-16(8-10)24(21)17-9-11(20)5-7-13(17)23-15-3-1-2-14(22-12)18(15)24/h1-9H. The third-order valence-corrected chi connectivity index (χ3v) is 7.83. The average molecular weight is 375 g/mol.